The zero-order valence-corrected chi connectivity index (χ0v) is 11.6. The van der Waals surface area contributed by atoms with E-state index in [0.29, 0.717) is 0 Å². The van der Waals surface area contributed by atoms with E-state index in [-0.39, 0.29) is 11.7 Å². The summed E-state index contributed by atoms with van der Waals surface area (Å²) in [6.45, 7) is 0. The molecule has 0 fully saturated rings. The molecule has 19 heavy (non-hydrogen) atoms. The van der Waals surface area contributed by atoms with Crippen LogP contribution < -0.4 is 9.64 Å². The summed E-state index contributed by atoms with van der Waals surface area (Å²) in [5.41, 5.74) is 2.51. The Balaban J connectivity index is 2.46. The lowest BCUT2D eigenvalue weighted by Crippen LogP contribution is -2.12. The molecular formula is C15H15ClFNO. The number of ether oxygens (including phenoxy) is 1. The maximum absolute atomic E-state index is 13.2. The van der Waals surface area contributed by atoms with E-state index < -0.39 is 0 Å². The SMILES string of the molecule is COc1ccccc1N(C)c1ccc(F)cc1CCl. The lowest BCUT2D eigenvalue weighted by Gasteiger charge is -2.24. The van der Waals surface area contributed by atoms with E-state index in [4.69, 9.17) is 16.3 Å². The Morgan fingerprint density at radius 3 is 2.58 bits per heavy atom. The molecule has 100 valence electrons. The molecule has 0 saturated heterocycles. The van der Waals surface area contributed by atoms with Gasteiger partial charge in [0.2, 0.25) is 0 Å². The van der Waals surface area contributed by atoms with Crippen LogP contribution in [-0.4, -0.2) is 14.2 Å². The maximum atomic E-state index is 13.2. The van der Waals surface area contributed by atoms with Gasteiger partial charge in [-0.15, -0.1) is 11.6 Å². The molecule has 2 aromatic carbocycles. The lowest BCUT2D eigenvalue weighted by atomic mass is 10.1. The minimum atomic E-state index is -0.284. The number of rotatable bonds is 4. The summed E-state index contributed by atoms with van der Waals surface area (Å²) >= 11 is 5.88. The van der Waals surface area contributed by atoms with Crippen LogP contribution in [0.15, 0.2) is 42.5 Å². The lowest BCUT2D eigenvalue weighted by molar-refractivity contribution is 0.415. The van der Waals surface area contributed by atoms with Crippen LogP contribution in [0.1, 0.15) is 5.56 Å². The van der Waals surface area contributed by atoms with Gasteiger partial charge in [0.15, 0.2) is 0 Å². The summed E-state index contributed by atoms with van der Waals surface area (Å²) < 4.78 is 18.6. The average molecular weight is 280 g/mol. The Hall–Kier alpha value is -1.74. The minimum absolute atomic E-state index is 0.257. The Labute approximate surface area is 117 Å². The van der Waals surface area contributed by atoms with Crippen molar-refractivity contribution in [2.45, 2.75) is 5.88 Å². The van der Waals surface area contributed by atoms with Crippen molar-refractivity contribution in [1.29, 1.82) is 0 Å². The first kappa shape index (κ1) is 13.7. The molecule has 2 rings (SSSR count). The molecule has 0 unspecified atom stereocenters. The standard InChI is InChI=1S/C15H15ClFNO/c1-18(14-5-3-4-6-15(14)19-2)13-8-7-12(17)9-11(13)10-16/h3-9H,10H2,1-2H3. The predicted molar refractivity (Wildman–Crippen MR) is 77.0 cm³/mol. The van der Waals surface area contributed by atoms with Gasteiger partial charge in [0.05, 0.1) is 12.8 Å². The second-order valence-electron chi connectivity index (χ2n) is 4.14. The zero-order chi connectivity index (χ0) is 13.8. The molecule has 0 saturated carbocycles. The van der Waals surface area contributed by atoms with Gasteiger partial charge in [-0.2, -0.15) is 0 Å². The topological polar surface area (TPSA) is 12.5 Å². The molecule has 4 heteroatoms. The van der Waals surface area contributed by atoms with Crippen molar-refractivity contribution in [3.63, 3.8) is 0 Å². The highest BCUT2D eigenvalue weighted by Crippen LogP contribution is 2.34. The Morgan fingerprint density at radius 2 is 1.89 bits per heavy atom. The van der Waals surface area contributed by atoms with E-state index in [2.05, 4.69) is 0 Å². The van der Waals surface area contributed by atoms with Gasteiger partial charge in [-0.25, -0.2) is 4.39 Å². The Kier molecular flexibility index (Phi) is 4.27. The summed E-state index contributed by atoms with van der Waals surface area (Å²) in [5.74, 6) is 0.731. The van der Waals surface area contributed by atoms with Crippen LogP contribution in [0.2, 0.25) is 0 Å². The van der Waals surface area contributed by atoms with Gasteiger partial charge in [-0.05, 0) is 35.9 Å². The molecule has 0 N–H and O–H groups in total. The van der Waals surface area contributed by atoms with E-state index in [1.807, 2.05) is 36.2 Å². The van der Waals surface area contributed by atoms with Crippen molar-refractivity contribution in [2.24, 2.45) is 0 Å². The third-order valence-electron chi connectivity index (χ3n) is 2.99. The molecule has 2 aromatic rings. The molecule has 0 aliphatic heterocycles. The van der Waals surface area contributed by atoms with Crippen LogP contribution in [-0.2, 0) is 5.88 Å². The second kappa shape index (κ2) is 5.93. The van der Waals surface area contributed by atoms with Gasteiger partial charge in [0.1, 0.15) is 11.6 Å². The highest BCUT2D eigenvalue weighted by molar-refractivity contribution is 6.17. The fourth-order valence-corrected chi connectivity index (χ4v) is 2.24. The summed E-state index contributed by atoms with van der Waals surface area (Å²) in [6.07, 6.45) is 0. The maximum Gasteiger partial charge on any atom is 0.142 e. The molecule has 0 spiro atoms. The van der Waals surface area contributed by atoms with Crippen LogP contribution in [0.3, 0.4) is 0 Å². The molecule has 0 radical (unpaired) electrons. The van der Waals surface area contributed by atoms with Crippen molar-refractivity contribution < 1.29 is 9.13 Å². The highest BCUT2D eigenvalue weighted by atomic mass is 35.5. The number of anilines is 2. The number of para-hydroxylation sites is 2. The fourth-order valence-electron chi connectivity index (χ4n) is 2.02. The van der Waals surface area contributed by atoms with Gasteiger partial charge in [0, 0.05) is 18.6 Å². The van der Waals surface area contributed by atoms with Crippen LogP contribution >= 0.6 is 11.6 Å². The zero-order valence-electron chi connectivity index (χ0n) is 10.9. The van der Waals surface area contributed by atoms with Gasteiger partial charge in [-0.3, -0.25) is 0 Å². The fraction of sp³-hybridized carbons (Fsp3) is 0.200. The van der Waals surface area contributed by atoms with Crippen molar-refractivity contribution in [1.82, 2.24) is 0 Å². The molecule has 0 amide bonds. The average Bonchev–Trinajstić information content (AvgIpc) is 2.46. The van der Waals surface area contributed by atoms with E-state index in [1.54, 1.807) is 13.2 Å². The third-order valence-corrected chi connectivity index (χ3v) is 3.28. The Bertz CT molecular complexity index is 574. The van der Waals surface area contributed by atoms with Gasteiger partial charge in [-0.1, -0.05) is 12.1 Å². The molecule has 0 aliphatic rings. The number of alkyl halides is 1. The summed E-state index contributed by atoms with van der Waals surface area (Å²) in [6, 6.07) is 12.3. The van der Waals surface area contributed by atoms with Crippen LogP contribution in [0.5, 0.6) is 5.75 Å². The van der Waals surface area contributed by atoms with Crippen LogP contribution in [0, 0.1) is 5.82 Å². The second-order valence-corrected chi connectivity index (χ2v) is 4.40. The smallest absolute Gasteiger partial charge is 0.142 e. The van der Waals surface area contributed by atoms with E-state index in [0.717, 1.165) is 22.7 Å². The summed E-state index contributed by atoms with van der Waals surface area (Å²) in [5, 5.41) is 0. The highest BCUT2D eigenvalue weighted by Gasteiger charge is 2.13. The third kappa shape index (κ3) is 2.82. The van der Waals surface area contributed by atoms with Gasteiger partial charge in [0.25, 0.3) is 0 Å². The first-order valence-electron chi connectivity index (χ1n) is 5.88. The minimum Gasteiger partial charge on any atom is -0.495 e. The quantitative estimate of drug-likeness (QED) is 0.772. The summed E-state index contributed by atoms with van der Waals surface area (Å²) in [7, 11) is 3.53. The van der Waals surface area contributed by atoms with Crippen molar-refractivity contribution in [3.05, 3.63) is 53.8 Å². The normalized spacial score (nSPS) is 10.3. The molecule has 0 heterocycles. The van der Waals surface area contributed by atoms with Gasteiger partial charge >= 0.3 is 0 Å². The molecule has 0 aromatic heterocycles. The van der Waals surface area contributed by atoms with Gasteiger partial charge < -0.3 is 9.64 Å². The first-order chi connectivity index (χ1) is 9.17. The Morgan fingerprint density at radius 1 is 1.16 bits per heavy atom. The van der Waals surface area contributed by atoms with E-state index in [1.165, 1.54) is 12.1 Å². The molecule has 0 aliphatic carbocycles. The van der Waals surface area contributed by atoms with E-state index >= 15 is 0 Å². The van der Waals surface area contributed by atoms with Crippen molar-refractivity contribution in [3.8, 4) is 5.75 Å². The number of hydrogen-bond donors (Lipinski definition) is 0. The van der Waals surface area contributed by atoms with Crippen LogP contribution in [0.25, 0.3) is 0 Å². The van der Waals surface area contributed by atoms with Crippen LogP contribution in [0.4, 0.5) is 15.8 Å². The summed E-state index contributed by atoms with van der Waals surface area (Å²) in [4.78, 5) is 1.94. The van der Waals surface area contributed by atoms with E-state index in [9.17, 15) is 4.39 Å². The first-order valence-corrected chi connectivity index (χ1v) is 6.42. The number of hydrogen-bond acceptors (Lipinski definition) is 2. The molecule has 0 atom stereocenters. The predicted octanol–water partition coefficient (Wildman–Crippen LogP) is 4.34. The molecule has 2 nitrogen and oxygen atoms in total. The van der Waals surface area contributed by atoms with Crippen molar-refractivity contribution in [2.75, 3.05) is 19.1 Å². The monoisotopic (exact) mass is 279 g/mol. The molecular weight excluding hydrogens is 265 g/mol. The largest absolute Gasteiger partial charge is 0.495 e. The van der Waals surface area contributed by atoms with Crippen molar-refractivity contribution >= 4 is 23.0 Å². The number of methoxy groups -OCH3 is 1. The number of nitrogens with zero attached hydrogens (tertiary/aromatic N) is 1. The molecule has 0 bridgehead atoms. The number of benzene rings is 2. The number of halogens is 2.